The molecular formula is C18H19N5O6. The molecule has 0 spiro atoms. The van der Waals surface area contributed by atoms with Gasteiger partial charge in [-0.05, 0) is 5.56 Å². The molecule has 3 heterocycles. The number of H-pyrrole nitrogens is 1. The number of aliphatic hydroxyl groups excluding tert-OH is 3. The van der Waals surface area contributed by atoms with Gasteiger partial charge in [0, 0.05) is 0 Å². The van der Waals surface area contributed by atoms with Crippen LogP contribution < -0.4 is 10.9 Å². The van der Waals surface area contributed by atoms with E-state index < -0.39 is 36.7 Å². The number of nitrogens with zero attached hydrogens (tertiary/aromatic N) is 3. The molecule has 1 aliphatic rings. The van der Waals surface area contributed by atoms with Gasteiger partial charge in [0.1, 0.15) is 18.3 Å². The van der Waals surface area contributed by atoms with Crippen molar-refractivity contribution in [2.75, 3.05) is 11.9 Å². The topological polar surface area (TPSA) is 163 Å². The molecule has 4 rings (SSSR count). The van der Waals surface area contributed by atoms with Crippen molar-refractivity contribution in [2.45, 2.75) is 31.0 Å². The minimum absolute atomic E-state index is 0.0243. The van der Waals surface area contributed by atoms with Gasteiger partial charge in [0.25, 0.3) is 5.56 Å². The molecule has 2 aromatic heterocycles. The van der Waals surface area contributed by atoms with Gasteiger partial charge in [0.2, 0.25) is 11.9 Å². The molecule has 0 aliphatic carbocycles. The highest BCUT2D eigenvalue weighted by molar-refractivity contribution is 5.91. The second-order valence-corrected chi connectivity index (χ2v) is 6.68. The van der Waals surface area contributed by atoms with E-state index in [9.17, 15) is 24.9 Å². The summed E-state index contributed by atoms with van der Waals surface area (Å²) >= 11 is 0. The number of fused-ring (bicyclic) bond motifs is 1. The first-order valence-corrected chi connectivity index (χ1v) is 8.91. The smallest absolute Gasteiger partial charge is 0.280 e. The van der Waals surface area contributed by atoms with Crippen molar-refractivity contribution in [2.24, 2.45) is 0 Å². The zero-order chi connectivity index (χ0) is 20.5. The molecule has 1 aliphatic heterocycles. The van der Waals surface area contributed by atoms with E-state index in [1.165, 1.54) is 10.9 Å². The number of aromatic nitrogens is 4. The second-order valence-electron chi connectivity index (χ2n) is 6.68. The van der Waals surface area contributed by atoms with Crippen LogP contribution >= 0.6 is 0 Å². The Bertz CT molecular complexity index is 1080. The first-order chi connectivity index (χ1) is 14.0. The predicted octanol–water partition coefficient (Wildman–Crippen LogP) is -1.09. The number of imidazole rings is 1. The Morgan fingerprint density at radius 1 is 1.24 bits per heavy atom. The number of carbonyl (C=O) groups is 1. The molecule has 2 unspecified atom stereocenters. The summed E-state index contributed by atoms with van der Waals surface area (Å²) in [6, 6.07) is 9.07. The van der Waals surface area contributed by atoms with Crippen LogP contribution in [0.4, 0.5) is 5.95 Å². The number of hydrogen-bond donors (Lipinski definition) is 5. The number of anilines is 1. The van der Waals surface area contributed by atoms with Crippen LogP contribution in [0.5, 0.6) is 0 Å². The van der Waals surface area contributed by atoms with Crippen molar-refractivity contribution in [3.05, 3.63) is 52.6 Å². The maximum Gasteiger partial charge on any atom is 0.280 e. The van der Waals surface area contributed by atoms with Gasteiger partial charge in [-0.1, -0.05) is 30.3 Å². The molecule has 1 fully saturated rings. The summed E-state index contributed by atoms with van der Waals surface area (Å²) < 4.78 is 6.74. The Kier molecular flexibility index (Phi) is 5.11. The average molecular weight is 401 g/mol. The molecule has 11 heteroatoms. The number of aliphatic hydroxyl groups is 3. The quantitative estimate of drug-likeness (QED) is 0.360. The van der Waals surface area contributed by atoms with Crippen molar-refractivity contribution < 1.29 is 24.9 Å². The van der Waals surface area contributed by atoms with Crippen molar-refractivity contribution in [1.82, 2.24) is 19.5 Å². The molecular weight excluding hydrogens is 382 g/mol. The van der Waals surface area contributed by atoms with Crippen LogP contribution in [-0.2, 0) is 16.0 Å². The standard InChI is InChI=1S/C18H19N5O6/c24-7-10-13(26)14(27)17(29-10)23-8-19-12-15(23)21-18(22-16(12)28)20-11(25)6-9-4-2-1-3-5-9/h1-5,8,10,13-14,17,24,26-27H,6-7H2,(H2,20,21,22,25,28)/t10-,13?,14?,17-/m1/s1. The van der Waals surface area contributed by atoms with E-state index in [0.717, 1.165) is 5.56 Å². The molecule has 5 N–H and O–H groups in total. The first-order valence-electron chi connectivity index (χ1n) is 8.91. The largest absolute Gasteiger partial charge is 0.394 e. The van der Waals surface area contributed by atoms with Gasteiger partial charge in [-0.25, -0.2) is 4.98 Å². The molecule has 1 amide bonds. The Hall–Kier alpha value is -3.12. The molecule has 11 nitrogen and oxygen atoms in total. The number of carbonyl (C=O) groups excluding carboxylic acids is 1. The lowest BCUT2D eigenvalue weighted by atomic mass is 10.1. The Labute approximate surface area is 163 Å². The Balaban J connectivity index is 1.62. The van der Waals surface area contributed by atoms with E-state index in [0.29, 0.717) is 0 Å². The fourth-order valence-electron chi connectivity index (χ4n) is 3.24. The third-order valence-corrected chi connectivity index (χ3v) is 4.69. The number of rotatable bonds is 5. The summed E-state index contributed by atoms with van der Waals surface area (Å²) in [5.41, 5.74) is 0.239. The van der Waals surface area contributed by atoms with E-state index in [4.69, 9.17) is 4.74 Å². The summed E-state index contributed by atoms with van der Waals surface area (Å²) in [6.45, 7) is -0.490. The minimum atomic E-state index is -1.36. The van der Waals surface area contributed by atoms with E-state index >= 15 is 0 Å². The minimum Gasteiger partial charge on any atom is -0.394 e. The van der Waals surface area contributed by atoms with Gasteiger partial charge in [0.05, 0.1) is 19.4 Å². The summed E-state index contributed by atoms with van der Waals surface area (Å²) in [4.78, 5) is 35.2. The molecule has 0 bridgehead atoms. The first kappa shape index (κ1) is 19.2. The van der Waals surface area contributed by atoms with E-state index in [-0.39, 0.29) is 29.4 Å². The summed E-state index contributed by atoms with van der Waals surface area (Å²) in [6.07, 6.45) is -3.43. The third-order valence-electron chi connectivity index (χ3n) is 4.69. The van der Waals surface area contributed by atoms with Gasteiger partial charge >= 0.3 is 0 Å². The van der Waals surface area contributed by atoms with Crippen molar-refractivity contribution in [3.63, 3.8) is 0 Å². The summed E-state index contributed by atoms with van der Waals surface area (Å²) in [5, 5.41) is 32.0. The molecule has 4 atom stereocenters. The predicted molar refractivity (Wildman–Crippen MR) is 99.9 cm³/mol. The van der Waals surface area contributed by atoms with Crippen LogP contribution in [0, 0.1) is 0 Å². The van der Waals surface area contributed by atoms with Crippen LogP contribution in [0.2, 0.25) is 0 Å². The highest BCUT2D eigenvalue weighted by atomic mass is 16.6. The van der Waals surface area contributed by atoms with Crippen LogP contribution in [0.15, 0.2) is 41.5 Å². The number of nitrogens with one attached hydrogen (secondary N) is 2. The van der Waals surface area contributed by atoms with Crippen LogP contribution in [-0.4, -0.2) is 65.7 Å². The average Bonchev–Trinajstić information content (AvgIpc) is 3.24. The van der Waals surface area contributed by atoms with Crippen LogP contribution in [0.3, 0.4) is 0 Å². The monoisotopic (exact) mass is 401 g/mol. The summed E-state index contributed by atoms with van der Waals surface area (Å²) in [7, 11) is 0. The van der Waals surface area contributed by atoms with Gasteiger partial charge in [-0.15, -0.1) is 0 Å². The fraction of sp³-hybridized carbons (Fsp3) is 0.333. The SMILES string of the molecule is O=C(Cc1ccccc1)Nc1nc2c(ncn2[C@@H]2O[C@H](CO)C(O)C2O)c(=O)[nH]1. The van der Waals surface area contributed by atoms with Crippen molar-refractivity contribution in [3.8, 4) is 0 Å². The highest BCUT2D eigenvalue weighted by Gasteiger charge is 2.44. The lowest BCUT2D eigenvalue weighted by Gasteiger charge is -2.16. The molecule has 0 saturated carbocycles. The Morgan fingerprint density at radius 2 is 2.00 bits per heavy atom. The number of aromatic amines is 1. The molecule has 1 saturated heterocycles. The summed E-state index contributed by atoms with van der Waals surface area (Å²) in [5.74, 6) is -0.463. The number of amides is 1. The maximum atomic E-state index is 12.3. The maximum absolute atomic E-state index is 12.3. The lowest BCUT2D eigenvalue weighted by molar-refractivity contribution is -0.115. The lowest BCUT2D eigenvalue weighted by Crippen LogP contribution is -2.33. The van der Waals surface area contributed by atoms with E-state index in [2.05, 4.69) is 20.3 Å². The van der Waals surface area contributed by atoms with Crippen LogP contribution in [0.25, 0.3) is 11.2 Å². The van der Waals surface area contributed by atoms with Crippen LogP contribution in [0.1, 0.15) is 11.8 Å². The zero-order valence-electron chi connectivity index (χ0n) is 15.1. The normalized spacial score (nSPS) is 24.1. The molecule has 0 radical (unpaired) electrons. The third kappa shape index (κ3) is 3.63. The highest BCUT2D eigenvalue weighted by Crippen LogP contribution is 2.30. The number of benzene rings is 1. The van der Waals surface area contributed by atoms with Gasteiger partial charge < -0.3 is 20.1 Å². The molecule has 1 aromatic carbocycles. The number of ether oxygens (including phenoxy) is 1. The van der Waals surface area contributed by atoms with Crippen molar-refractivity contribution >= 4 is 23.0 Å². The number of hydrogen-bond acceptors (Lipinski definition) is 8. The molecule has 3 aromatic rings. The van der Waals surface area contributed by atoms with Gasteiger partial charge in [-0.2, -0.15) is 4.98 Å². The van der Waals surface area contributed by atoms with Gasteiger partial charge in [0.15, 0.2) is 17.4 Å². The van der Waals surface area contributed by atoms with Gasteiger partial charge in [-0.3, -0.25) is 24.5 Å². The zero-order valence-corrected chi connectivity index (χ0v) is 15.1. The van der Waals surface area contributed by atoms with E-state index in [1.807, 2.05) is 18.2 Å². The molecule has 29 heavy (non-hydrogen) atoms. The van der Waals surface area contributed by atoms with E-state index in [1.54, 1.807) is 12.1 Å². The Morgan fingerprint density at radius 3 is 2.69 bits per heavy atom. The molecule has 152 valence electrons. The second kappa shape index (κ2) is 7.72. The fourth-order valence-corrected chi connectivity index (χ4v) is 3.24. The van der Waals surface area contributed by atoms with Crippen molar-refractivity contribution in [1.29, 1.82) is 0 Å².